The van der Waals surface area contributed by atoms with Crippen LogP contribution in [0.1, 0.15) is 26.4 Å². The molecule has 4 nitrogen and oxygen atoms in total. The van der Waals surface area contributed by atoms with Gasteiger partial charge in [0.1, 0.15) is 11.1 Å². The molecule has 0 bridgehead atoms. The molecule has 0 saturated carbocycles. The number of thiocarbonyl (C=S) groups is 1. The standard InChI is InChI=1S/C15H12BrN3OS2/c1-8-9(2)22-14(11(8)7-17)19-15(21)18-13(20)10-5-3-4-6-12(10)16/h3-6H,1-2H3,(H2,18,19,20,21). The second-order valence-corrected chi connectivity index (χ2v) is 6.97. The quantitative estimate of drug-likeness (QED) is 0.752. The van der Waals surface area contributed by atoms with E-state index < -0.39 is 0 Å². The van der Waals surface area contributed by atoms with Crippen molar-refractivity contribution in [1.82, 2.24) is 5.32 Å². The molecule has 0 saturated heterocycles. The third-order valence-electron chi connectivity index (χ3n) is 3.07. The van der Waals surface area contributed by atoms with Gasteiger partial charge in [-0.3, -0.25) is 10.1 Å². The molecule has 1 amide bonds. The summed E-state index contributed by atoms with van der Waals surface area (Å²) in [5.74, 6) is -0.312. The Morgan fingerprint density at radius 3 is 2.68 bits per heavy atom. The minimum absolute atomic E-state index is 0.165. The molecule has 7 heteroatoms. The van der Waals surface area contributed by atoms with Crippen LogP contribution in [0.2, 0.25) is 0 Å². The van der Waals surface area contributed by atoms with Gasteiger partial charge in [-0.15, -0.1) is 11.3 Å². The van der Waals surface area contributed by atoms with Gasteiger partial charge in [0.2, 0.25) is 0 Å². The van der Waals surface area contributed by atoms with Gasteiger partial charge < -0.3 is 5.32 Å². The Kier molecular flexibility index (Phi) is 5.29. The van der Waals surface area contributed by atoms with Crippen molar-refractivity contribution in [3.8, 4) is 6.07 Å². The van der Waals surface area contributed by atoms with E-state index in [-0.39, 0.29) is 11.0 Å². The molecule has 0 spiro atoms. The van der Waals surface area contributed by atoms with Gasteiger partial charge in [0, 0.05) is 9.35 Å². The predicted molar refractivity (Wildman–Crippen MR) is 96.3 cm³/mol. The molecule has 0 fully saturated rings. The summed E-state index contributed by atoms with van der Waals surface area (Å²) in [5, 5.41) is 15.6. The minimum Gasteiger partial charge on any atom is -0.323 e. The van der Waals surface area contributed by atoms with E-state index in [1.54, 1.807) is 18.2 Å². The largest absolute Gasteiger partial charge is 0.323 e. The third kappa shape index (κ3) is 3.53. The van der Waals surface area contributed by atoms with Crippen LogP contribution < -0.4 is 10.6 Å². The average Bonchev–Trinajstić information content (AvgIpc) is 2.73. The van der Waals surface area contributed by atoms with E-state index in [0.29, 0.717) is 20.6 Å². The van der Waals surface area contributed by atoms with E-state index in [0.717, 1.165) is 10.4 Å². The van der Waals surface area contributed by atoms with Crippen LogP contribution >= 0.6 is 39.5 Å². The summed E-state index contributed by atoms with van der Waals surface area (Å²) in [4.78, 5) is 13.2. The molecular weight excluding hydrogens is 382 g/mol. The van der Waals surface area contributed by atoms with Crippen LogP contribution in [0.3, 0.4) is 0 Å². The number of amides is 1. The molecule has 0 aliphatic heterocycles. The summed E-state index contributed by atoms with van der Waals surface area (Å²) < 4.78 is 0.691. The van der Waals surface area contributed by atoms with E-state index in [4.69, 9.17) is 12.2 Å². The number of carbonyl (C=O) groups excluding carboxylic acids is 1. The molecule has 0 unspecified atom stereocenters. The van der Waals surface area contributed by atoms with Gasteiger partial charge in [-0.1, -0.05) is 12.1 Å². The number of nitrogens with one attached hydrogen (secondary N) is 2. The first-order chi connectivity index (χ1) is 10.4. The average molecular weight is 394 g/mol. The number of aryl methyl sites for hydroxylation is 1. The summed E-state index contributed by atoms with van der Waals surface area (Å²) in [6.45, 7) is 3.83. The lowest BCUT2D eigenvalue weighted by atomic mass is 10.2. The maximum absolute atomic E-state index is 12.2. The van der Waals surface area contributed by atoms with Gasteiger partial charge in [0.25, 0.3) is 5.91 Å². The fourth-order valence-corrected chi connectivity index (χ4v) is 3.54. The highest BCUT2D eigenvalue weighted by molar-refractivity contribution is 9.10. The van der Waals surface area contributed by atoms with Crippen LogP contribution in [0.25, 0.3) is 0 Å². The fourth-order valence-electron chi connectivity index (χ4n) is 1.80. The normalized spacial score (nSPS) is 9.91. The van der Waals surface area contributed by atoms with Crippen LogP contribution in [0, 0.1) is 25.2 Å². The van der Waals surface area contributed by atoms with Crippen molar-refractivity contribution in [3.63, 3.8) is 0 Å². The van der Waals surface area contributed by atoms with Crippen LogP contribution in [0.4, 0.5) is 5.00 Å². The number of anilines is 1. The van der Waals surface area contributed by atoms with Gasteiger partial charge in [0.15, 0.2) is 5.11 Å². The number of nitriles is 1. The highest BCUT2D eigenvalue weighted by Crippen LogP contribution is 2.31. The Hall–Kier alpha value is -1.75. The molecular formula is C15H12BrN3OS2. The van der Waals surface area contributed by atoms with Crippen LogP contribution in [-0.4, -0.2) is 11.0 Å². The van der Waals surface area contributed by atoms with E-state index in [1.165, 1.54) is 11.3 Å². The number of benzene rings is 1. The van der Waals surface area contributed by atoms with Crippen molar-refractivity contribution >= 4 is 55.5 Å². The number of carbonyl (C=O) groups is 1. The van der Waals surface area contributed by atoms with Gasteiger partial charge in [-0.2, -0.15) is 5.26 Å². The van der Waals surface area contributed by atoms with Crippen LogP contribution in [0.5, 0.6) is 0 Å². The first-order valence-electron chi connectivity index (χ1n) is 6.31. The molecule has 1 aromatic carbocycles. The summed E-state index contributed by atoms with van der Waals surface area (Å²) >= 11 is 9.92. The number of hydrogen-bond donors (Lipinski definition) is 2. The number of thiophene rings is 1. The molecule has 1 heterocycles. The molecule has 0 atom stereocenters. The maximum atomic E-state index is 12.2. The molecule has 1 aromatic heterocycles. The number of halogens is 1. The Balaban J connectivity index is 2.12. The van der Waals surface area contributed by atoms with Crippen LogP contribution in [0.15, 0.2) is 28.7 Å². The molecule has 2 N–H and O–H groups in total. The molecule has 2 rings (SSSR count). The smallest absolute Gasteiger partial charge is 0.258 e. The van der Waals surface area contributed by atoms with Gasteiger partial charge in [0.05, 0.1) is 11.1 Å². The monoisotopic (exact) mass is 393 g/mol. The summed E-state index contributed by atoms with van der Waals surface area (Å²) in [6.07, 6.45) is 0. The second kappa shape index (κ2) is 7.01. The zero-order chi connectivity index (χ0) is 16.3. The van der Waals surface area contributed by atoms with Gasteiger partial charge in [-0.05, 0) is 59.7 Å². The van der Waals surface area contributed by atoms with Crippen molar-refractivity contribution in [2.24, 2.45) is 0 Å². The van der Waals surface area contributed by atoms with Crippen molar-refractivity contribution in [2.45, 2.75) is 13.8 Å². The lowest BCUT2D eigenvalue weighted by Gasteiger charge is -2.09. The van der Waals surface area contributed by atoms with E-state index in [2.05, 4.69) is 32.6 Å². The third-order valence-corrected chi connectivity index (χ3v) is 5.09. The van der Waals surface area contributed by atoms with Crippen molar-refractivity contribution < 1.29 is 4.79 Å². The molecule has 0 aliphatic carbocycles. The lowest BCUT2D eigenvalue weighted by Crippen LogP contribution is -2.34. The lowest BCUT2D eigenvalue weighted by molar-refractivity contribution is 0.0977. The van der Waals surface area contributed by atoms with Crippen molar-refractivity contribution in [2.75, 3.05) is 5.32 Å². The Morgan fingerprint density at radius 1 is 1.36 bits per heavy atom. The number of hydrogen-bond acceptors (Lipinski definition) is 4. The van der Waals surface area contributed by atoms with E-state index >= 15 is 0 Å². The summed E-state index contributed by atoms with van der Waals surface area (Å²) in [7, 11) is 0. The second-order valence-electron chi connectivity index (χ2n) is 4.49. The van der Waals surface area contributed by atoms with Gasteiger partial charge in [-0.25, -0.2) is 0 Å². The SMILES string of the molecule is Cc1sc(NC(=S)NC(=O)c2ccccc2Br)c(C#N)c1C. The minimum atomic E-state index is -0.312. The molecule has 112 valence electrons. The Morgan fingerprint density at radius 2 is 2.05 bits per heavy atom. The zero-order valence-corrected chi connectivity index (χ0v) is 15.1. The van der Waals surface area contributed by atoms with Crippen molar-refractivity contribution in [3.05, 3.63) is 50.3 Å². The Labute approximate surface area is 146 Å². The zero-order valence-electron chi connectivity index (χ0n) is 11.9. The van der Waals surface area contributed by atoms with E-state index in [9.17, 15) is 10.1 Å². The highest BCUT2D eigenvalue weighted by Gasteiger charge is 2.15. The Bertz CT molecular complexity index is 793. The first kappa shape index (κ1) is 16.6. The summed E-state index contributed by atoms with van der Waals surface area (Å²) in [6, 6.07) is 9.23. The predicted octanol–water partition coefficient (Wildman–Crippen LogP) is 4.13. The highest BCUT2D eigenvalue weighted by atomic mass is 79.9. The molecule has 22 heavy (non-hydrogen) atoms. The molecule has 2 aromatic rings. The fraction of sp³-hybridized carbons (Fsp3) is 0.133. The van der Waals surface area contributed by atoms with Gasteiger partial charge >= 0.3 is 0 Å². The number of rotatable bonds is 2. The molecule has 0 aliphatic rings. The molecule has 0 radical (unpaired) electrons. The summed E-state index contributed by atoms with van der Waals surface area (Å²) in [5.41, 5.74) is 1.97. The first-order valence-corrected chi connectivity index (χ1v) is 8.32. The van der Waals surface area contributed by atoms with Crippen LogP contribution in [-0.2, 0) is 0 Å². The topological polar surface area (TPSA) is 64.9 Å². The number of nitrogens with zero attached hydrogens (tertiary/aromatic N) is 1. The maximum Gasteiger partial charge on any atom is 0.258 e. The van der Waals surface area contributed by atoms with E-state index in [1.807, 2.05) is 19.9 Å². The van der Waals surface area contributed by atoms with Crippen molar-refractivity contribution in [1.29, 1.82) is 5.26 Å².